The highest BCUT2D eigenvalue weighted by Gasteiger charge is 2.70. The average molecular weight is 427 g/mol. The second kappa shape index (κ2) is 7.01. The molecule has 5 aliphatic carbocycles. The molecule has 0 heteroatoms. The van der Waals surface area contributed by atoms with Crippen LogP contribution in [0.3, 0.4) is 0 Å². The highest BCUT2D eigenvalue weighted by molar-refractivity contribution is 5.19. The van der Waals surface area contributed by atoms with Crippen LogP contribution in [0.5, 0.6) is 0 Å². The fraction of sp³-hybridized carbons (Fsp3) is 1.00. The van der Waals surface area contributed by atoms with Crippen LogP contribution in [0.4, 0.5) is 0 Å². The third-order valence-electron chi connectivity index (χ3n) is 14.1. The summed E-state index contributed by atoms with van der Waals surface area (Å²) >= 11 is 0. The van der Waals surface area contributed by atoms with Gasteiger partial charge in [-0.3, -0.25) is 0 Å². The summed E-state index contributed by atoms with van der Waals surface area (Å²) in [7, 11) is 0. The zero-order valence-corrected chi connectivity index (χ0v) is 22.4. The summed E-state index contributed by atoms with van der Waals surface area (Å²) in [6, 6.07) is 0. The minimum absolute atomic E-state index is 0.560. The Hall–Kier alpha value is 0. The first-order chi connectivity index (χ1) is 14.4. The van der Waals surface area contributed by atoms with Gasteiger partial charge >= 0.3 is 0 Å². The molecular weight excluding hydrogens is 372 g/mol. The van der Waals surface area contributed by atoms with E-state index in [0.29, 0.717) is 27.1 Å². The van der Waals surface area contributed by atoms with E-state index in [9.17, 15) is 0 Å². The van der Waals surface area contributed by atoms with Gasteiger partial charge in [0.05, 0.1) is 0 Å². The van der Waals surface area contributed by atoms with E-state index in [-0.39, 0.29) is 0 Å². The van der Waals surface area contributed by atoms with Crippen molar-refractivity contribution in [3.05, 3.63) is 0 Å². The molecule has 0 saturated heterocycles. The molecule has 0 amide bonds. The molecule has 178 valence electrons. The second-order valence-corrected chi connectivity index (χ2v) is 15.2. The van der Waals surface area contributed by atoms with Gasteiger partial charge in [0.1, 0.15) is 0 Å². The van der Waals surface area contributed by atoms with Crippen LogP contribution in [0.1, 0.15) is 132 Å². The summed E-state index contributed by atoms with van der Waals surface area (Å²) in [5, 5.41) is 0. The van der Waals surface area contributed by atoms with Gasteiger partial charge in [-0.15, -0.1) is 0 Å². The van der Waals surface area contributed by atoms with Crippen LogP contribution in [-0.4, -0.2) is 0 Å². The Balaban J connectivity index is 1.50. The second-order valence-electron chi connectivity index (χ2n) is 15.2. The van der Waals surface area contributed by atoms with E-state index >= 15 is 0 Å². The van der Waals surface area contributed by atoms with E-state index in [2.05, 4.69) is 55.4 Å². The molecule has 0 aromatic rings. The first-order valence-electron chi connectivity index (χ1n) is 14.4. The number of rotatable bonds is 2. The van der Waals surface area contributed by atoms with Crippen LogP contribution in [-0.2, 0) is 0 Å². The highest BCUT2D eigenvalue weighted by Crippen LogP contribution is 2.78. The molecule has 5 fully saturated rings. The molecule has 0 spiro atoms. The van der Waals surface area contributed by atoms with Crippen LogP contribution in [0.2, 0.25) is 0 Å². The van der Waals surface area contributed by atoms with Crippen LogP contribution < -0.4 is 0 Å². The topological polar surface area (TPSA) is 0 Å². The van der Waals surface area contributed by atoms with Gasteiger partial charge in [-0.1, -0.05) is 68.2 Å². The summed E-state index contributed by atoms with van der Waals surface area (Å²) in [4.78, 5) is 0. The Morgan fingerprint density at radius 1 is 0.645 bits per heavy atom. The molecule has 0 heterocycles. The number of fused-ring (bicyclic) bond motifs is 7. The molecule has 0 aromatic heterocycles. The lowest BCUT2D eigenvalue weighted by atomic mass is 9.32. The van der Waals surface area contributed by atoms with Crippen LogP contribution in [0.15, 0.2) is 0 Å². The van der Waals surface area contributed by atoms with Gasteiger partial charge in [-0.05, 0) is 127 Å². The molecule has 0 nitrogen and oxygen atoms in total. The summed E-state index contributed by atoms with van der Waals surface area (Å²) in [6.45, 7) is 21.4. The molecule has 10 atom stereocenters. The van der Waals surface area contributed by atoms with Gasteiger partial charge in [0.15, 0.2) is 0 Å². The number of hydrogen-bond donors (Lipinski definition) is 0. The van der Waals surface area contributed by atoms with Gasteiger partial charge in [-0.25, -0.2) is 0 Å². The minimum atomic E-state index is 0.560. The lowest BCUT2D eigenvalue weighted by Gasteiger charge is -2.73. The Morgan fingerprint density at radius 2 is 1.26 bits per heavy atom. The zero-order valence-electron chi connectivity index (χ0n) is 22.4. The smallest absolute Gasteiger partial charge is 0.0235 e. The largest absolute Gasteiger partial charge is 0.0651 e. The van der Waals surface area contributed by atoms with E-state index in [1.54, 1.807) is 6.42 Å². The summed E-state index contributed by atoms with van der Waals surface area (Å²) in [5.74, 6) is 5.86. The lowest BCUT2D eigenvalue weighted by molar-refractivity contribution is -0.241. The molecule has 0 aliphatic heterocycles. The predicted molar refractivity (Wildman–Crippen MR) is 134 cm³/mol. The van der Waals surface area contributed by atoms with Gasteiger partial charge in [0.2, 0.25) is 0 Å². The van der Waals surface area contributed by atoms with Crippen molar-refractivity contribution in [1.82, 2.24) is 0 Å². The molecule has 0 aromatic carbocycles. The number of hydrogen-bond acceptors (Lipinski definition) is 0. The summed E-state index contributed by atoms with van der Waals surface area (Å²) in [6.07, 6.45) is 18.1. The van der Waals surface area contributed by atoms with Crippen molar-refractivity contribution >= 4 is 0 Å². The van der Waals surface area contributed by atoms with Crippen molar-refractivity contribution in [2.24, 2.45) is 62.6 Å². The average Bonchev–Trinajstić information content (AvgIpc) is 3.04. The lowest BCUT2D eigenvalue weighted by Crippen LogP contribution is -2.65. The fourth-order valence-corrected chi connectivity index (χ4v) is 12.3. The van der Waals surface area contributed by atoms with Gasteiger partial charge < -0.3 is 0 Å². The fourth-order valence-electron chi connectivity index (χ4n) is 12.3. The third-order valence-corrected chi connectivity index (χ3v) is 14.1. The van der Waals surface area contributed by atoms with Crippen molar-refractivity contribution in [2.75, 3.05) is 0 Å². The first-order valence-corrected chi connectivity index (χ1v) is 14.4. The molecular formula is C31H54. The van der Waals surface area contributed by atoms with E-state index in [1.165, 1.54) is 70.6 Å². The van der Waals surface area contributed by atoms with Gasteiger partial charge in [-0.2, -0.15) is 0 Å². The molecule has 0 bridgehead atoms. The van der Waals surface area contributed by atoms with Crippen LogP contribution >= 0.6 is 0 Å². The predicted octanol–water partition coefficient (Wildman–Crippen LogP) is 9.52. The first kappa shape index (κ1) is 22.8. The Labute approximate surface area is 195 Å². The Kier molecular flexibility index (Phi) is 5.15. The van der Waals surface area contributed by atoms with Crippen molar-refractivity contribution in [1.29, 1.82) is 0 Å². The van der Waals surface area contributed by atoms with Crippen molar-refractivity contribution < 1.29 is 0 Å². The summed E-state index contributed by atoms with van der Waals surface area (Å²) < 4.78 is 0. The van der Waals surface area contributed by atoms with Gasteiger partial charge in [0.25, 0.3) is 0 Å². The molecule has 0 radical (unpaired) electrons. The van der Waals surface area contributed by atoms with Crippen LogP contribution in [0.25, 0.3) is 0 Å². The normalized spacial score (nSPS) is 56.7. The minimum Gasteiger partial charge on any atom is -0.0651 e. The Bertz CT molecular complexity index is 705. The molecule has 0 N–H and O–H groups in total. The van der Waals surface area contributed by atoms with E-state index in [0.717, 1.165) is 35.5 Å². The standard InChI is InChI=1S/C31H54/c1-9-21(2)22-13-18-28(5)23(22)14-19-30(7)25(28)11-12-26-29(6)17-10-16-27(3,4)24(29)15-20-31(26,30)8/h21-26H,9-20H2,1-8H3/t21-,22?,23+,24?,25?,26?,28-,29-,30+,31+/m0/s1. The zero-order chi connectivity index (χ0) is 22.4. The van der Waals surface area contributed by atoms with E-state index < -0.39 is 0 Å². The van der Waals surface area contributed by atoms with Crippen LogP contribution in [0, 0.1) is 62.6 Å². The SMILES string of the molecule is CC[C@H](C)C1CC[C@]2(C)C3CCC4[C@@]5(C)CCCC(C)(C)C5CC[C@@]4(C)[C@]3(C)CC[C@H]12. The highest BCUT2D eigenvalue weighted by atomic mass is 14.7. The van der Waals surface area contributed by atoms with E-state index in [1.807, 2.05) is 0 Å². The quantitative estimate of drug-likeness (QED) is 0.412. The monoisotopic (exact) mass is 426 g/mol. The Morgan fingerprint density at radius 3 is 1.90 bits per heavy atom. The molecule has 5 saturated carbocycles. The molecule has 31 heavy (non-hydrogen) atoms. The maximum absolute atomic E-state index is 2.82. The third kappa shape index (κ3) is 2.78. The van der Waals surface area contributed by atoms with Crippen molar-refractivity contribution in [3.8, 4) is 0 Å². The maximum Gasteiger partial charge on any atom is -0.0235 e. The maximum atomic E-state index is 2.82. The van der Waals surface area contributed by atoms with Crippen molar-refractivity contribution in [3.63, 3.8) is 0 Å². The molecule has 5 aliphatic rings. The molecule has 4 unspecified atom stereocenters. The summed E-state index contributed by atoms with van der Waals surface area (Å²) in [5.41, 5.74) is 2.91. The molecule has 5 rings (SSSR count). The van der Waals surface area contributed by atoms with Crippen molar-refractivity contribution in [2.45, 2.75) is 132 Å². The van der Waals surface area contributed by atoms with E-state index in [4.69, 9.17) is 0 Å². The van der Waals surface area contributed by atoms with Gasteiger partial charge in [0, 0.05) is 0 Å².